The molecule has 3 aliphatic rings. The number of thioether (sulfide) groups is 1. The average Bonchev–Trinajstić information content (AvgIpc) is 2.96. The molecule has 3 aromatic carbocycles. The van der Waals surface area contributed by atoms with Gasteiger partial charge in [-0.2, -0.15) is 0 Å². The van der Waals surface area contributed by atoms with Gasteiger partial charge in [-0.05, 0) is 42.3 Å². The van der Waals surface area contributed by atoms with Gasteiger partial charge in [0.25, 0.3) is 0 Å². The van der Waals surface area contributed by atoms with Gasteiger partial charge < -0.3 is 23.8 Å². The number of carbonyl (C=O) groups excluding carboxylic acids is 1. The van der Waals surface area contributed by atoms with E-state index in [1.807, 2.05) is 60.7 Å². The second-order valence-corrected chi connectivity index (χ2v) is 10.7. The first-order chi connectivity index (χ1) is 18.7. The van der Waals surface area contributed by atoms with Crippen molar-refractivity contribution in [2.75, 3.05) is 32.6 Å². The first-order valence-electron chi connectivity index (χ1n) is 12.9. The van der Waals surface area contributed by atoms with Crippen LogP contribution >= 0.6 is 11.8 Å². The highest BCUT2D eigenvalue weighted by atomic mass is 32.2. The van der Waals surface area contributed by atoms with Crippen LogP contribution in [-0.2, 0) is 16.1 Å². The summed E-state index contributed by atoms with van der Waals surface area (Å²) in [5.41, 5.74) is 1.63. The molecule has 3 heterocycles. The molecule has 0 radical (unpaired) electrons. The van der Waals surface area contributed by atoms with Crippen LogP contribution in [0.15, 0.2) is 83.9 Å². The number of fused-ring (bicyclic) bond motifs is 6. The van der Waals surface area contributed by atoms with Crippen molar-refractivity contribution in [3.63, 3.8) is 0 Å². The summed E-state index contributed by atoms with van der Waals surface area (Å²) in [5.74, 6) is 2.02. The molecule has 196 valence electrons. The highest BCUT2D eigenvalue weighted by Gasteiger charge is 2.57. The van der Waals surface area contributed by atoms with Crippen molar-refractivity contribution in [3.8, 4) is 11.5 Å². The van der Waals surface area contributed by atoms with Gasteiger partial charge in [-0.3, -0.25) is 0 Å². The number of carbonyl (C=O) groups is 1. The molecule has 0 spiro atoms. The number of amidine groups is 1. The van der Waals surface area contributed by atoms with E-state index >= 15 is 0 Å². The largest absolute Gasteiger partial charge is 0.497 e. The molecule has 1 saturated heterocycles. The van der Waals surface area contributed by atoms with Gasteiger partial charge in [0.15, 0.2) is 5.17 Å². The Morgan fingerprint density at radius 3 is 2.68 bits per heavy atom. The van der Waals surface area contributed by atoms with Crippen molar-refractivity contribution in [1.29, 1.82) is 0 Å². The van der Waals surface area contributed by atoms with Crippen LogP contribution in [0.25, 0.3) is 0 Å². The number of ether oxygens (including phenoxy) is 4. The molecular formula is C30H30N2O5S. The molecule has 3 atom stereocenters. The topological polar surface area (TPSA) is 69.6 Å². The van der Waals surface area contributed by atoms with Crippen LogP contribution in [0.4, 0.5) is 0 Å². The van der Waals surface area contributed by atoms with E-state index in [-0.39, 0.29) is 31.1 Å². The lowest BCUT2D eigenvalue weighted by Gasteiger charge is -2.54. The predicted molar refractivity (Wildman–Crippen MR) is 147 cm³/mol. The molecule has 3 aliphatic heterocycles. The third kappa shape index (κ3) is 4.74. The third-order valence-electron chi connectivity index (χ3n) is 7.27. The van der Waals surface area contributed by atoms with Crippen molar-refractivity contribution in [2.45, 2.75) is 24.8 Å². The van der Waals surface area contributed by atoms with Gasteiger partial charge in [0, 0.05) is 17.9 Å². The molecule has 0 amide bonds. The van der Waals surface area contributed by atoms with Crippen LogP contribution in [0.2, 0.25) is 0 Å². The molecular weight excluding hydrogens is 500 g/mol. The number of para-hydroxylation sites is 1. The lowest BCUT2D eigenvalue weighted by Crippen LogP contribution is -2.62. The lowest BCUT2D eigenvalue weighted by molar-refractivity contribution is -0.120. The van der Waals surface area contributed by atoms with E-state index in [1.54, 1.807) is 31.0 Å². The molecule has 0 N–H and O–H groups in total. The van der Waals surface area contributed by atoms with E-state index in [0.29, 0.717) is 12.2 Å². The number of benzene rings is 3. The van der Waals surface area contributed by atoms with E-state index in [9.17, 15) is 4.79 Å². The maximum Gasteiger partial charge on any atom is 0.338 e. The van der Waals surface area contributed by atoms with Gasteiger partial charge in [-0.1, -0.05) is 60.3 Å². The van der Waals surface area contributed by atoms with E-state index in [4.69, 9.17) is 23.9 Å². The van der Waals surface area contributed by atoms with Crippen LogP contribution in [0.1, 0.15) is 33.9 Å². The summed E-state index contributed by atoms with van der Waals surface area (Å²) in [6, 6.07) is 25.0. The van der Waals surface area contributed by atoms with Crippen LogP contribution in [0, 0.1) is 5.92 Å². The standard InChI is InChI=1S/C30H30N2O5S/c1-34-23-14-12-21(13-15-23)18-35-20-30-25(19-36-28(33)22-8-3-2-4-9-22)27(24-10-5-6-11-26(24)37-30)32-16-7-17-38-29(32)31-30/h2-6,8-15,25,27H,7,16-20H2,1H3/t25-,27-,30?/m1/s1. The Balaban J connectivity index is 1.31. The summed E-state index contributed by atoms with van der Waals surface area (Å²) in [4.78, 5) is 20.5. The molecule has 0 aromatic heterocycles. The van der Waals surface area contributed by atoms with Gasteiger partial charge in [0.2, 0.25) is 5.72 Å². The summed E-state index contributed by atoms with van der Waals surface area (Å²) in [6.45, 7) is 1.70. The molecule has 0 saturated carbocycles. The maximum atomic E-state index is 12.9. The number of esters is 1. The van der Waals surface area contributed by atoms with Gasteiger partial charge in [0.1, 0.15) is 24.7 Å². The lowest BCUT2D eigenvalue weighted by atomic mass is 9.80. The quantitative estimate of drug-likeness (QED) is 0.365. The summed E-state index contributed by atoms with van der Waals surface area (Å²) < 4.78 is 24.2. The van der Waals surface area contributed by atoms with E-state index in [1.165, 1.54) is 0 Å². The van der Waals surface area contributed by atoms with Crippen LogP contribution in [-0.4, -0.2) is 54.4 Å². The van der Waals surface area contributed by atoms with Crippen molar-refractivity contribution in [1.82, 2.24) is 4.90 Å². The van der Waals surface area contributed by atoms with Gasteiger partial charge in [-0.15, -0.1) is 0 Å². The fourth-order valence-electron chi connectivity index (χ4n) is 5.38. The zero-order valence-corrected chi connectivity index (χ0v) is 22.1. The van der Waals surface area contributed by atoms with E-state index in [2.05, 4.69) is 11.0 Å². The molecule has 6 rings (SSSR count). The summed E-state index contributed by atoms with van der Waals surface area (Å²) in [5, 5.41) is 0.967. The van der Waals surface area contributed by atoms with Crippen LogP contribution in [0.5, 0.6) is 11.5 Å². The Hall–Kier alpha value is -3.49. The summed E-state index contributed by atoms with van der Waals surface area (Å²) >= 11 is 1.75. The highest BCUT2D eigenvalue weighted by molar-refractivity contribution is 8.13. The highest BCUT2D eigenvalue weighted by Crippen LogP contribution is 2.52. The Morgan fingerprint density at radius 1 is 1.08 bits per heavy atom. The molecule has 8 heteroatoms. The zero-order chi connectivity index (χ0) is 26.0. The Morgan fingerprint density at radius 2 is 1.87 bits per heavy atom. The van der Waals surface area contributed by atoms with Crippen molar-refractivity contribution < 1.29 is 23.7 Å². The number of hydrogen-bond donors (Lipinski definition) is 0. The summed E-state index contributed by atoms with van der Waals surface area (Å²) in [6.07, 6.45) is 1.07. The van der Waals surface area contributed by atoms with Crippen molar-refractivity contribution in [2.24, 2.45) is 10.9 Å². The molecule has 1 fully saturated rings. The van der Waals surface area contributed by atoms with Gasteiger partial charge in [-0.25, -0.2) is 9.79 Å². The third-order valence-corrected chi connectivity index (χ3v) is 8.34. The SMILES string of the molecule is COc1ccc(COCC23N=C4SCCCN4[C@H](c4ccccc4O2)[C@H]3COC(=O)c2ccccc2)cc1. The minimum atomic E-state index is -1.02. The second kappa shape index (κ2) is 10.7. The zero-order valence-electron chi connectivity index (χ0n) is 21.2. The van der Waals surface area contributed by atoms with E-state index in [0.717, 1.165) is 46.5 Å². The van der Waals surface area contributed by atoms with Crippen molar-refractivity contribution >= 4 is 22.9 Å². The number of rotatable bonds is 8. The fraction of sp³-hybridized carbons (Fsp3) is 0.333. The van der Waals surface area contributed by atoms with Gasteiger partial charge >= 0.3 is 5.97 Å². The maximum absolute atomic E-state index is 12.9. The van der Waals surface area contributed by atoms with Gasteiger partial charge in [0.05, 0.1) is 31.2 Å². The number of aliphatic imine (C=N–C) groups is 1. The average molecular weight is 531 g/mol. The molecule has 3 aromatic rings. The normalized spacial score (nSPS) is 23.4. The van der Waals surface area contributed by atoms with Crippen LogP contribution < -0.4 is 9.47 Å². The minimum absolute atomic E-state index is 0.0339. The summed E-state index contributed by atoms with van der Waals surface area (Å²) in [7, 11) is 1.65. The minimum Gasteiger partial charge on any atom is -0.497 e. The second-order valence-electron chi connectivity index (χ2n) is 9.63. The number of nitrogens with zero attached hydrogens (tertiary/aromatic N) is 2. The Labute approximate surface area is 226 Å². The molecule has 2 bridgehead atoms. The number of hydrogen-bond acceptors (Lipinski definition) is 8. The Bertz CT molecular complexity index is 1320. The first kappa shape index (κ1) is 24.8. The molecule has 38 heavy (non-hydrogen) atoms. The van der Waals surface area contributed by atoms with Crippen LogP contribution in [0.3, 0.4) is 0 Å². The molecule has 7 nitrogen and oxygen atoms in total. The smallest absolute Gasteiger partial charge is 0.338 e. The first-order valence-corrected chi connectivity index (χ1v) is 13.9. The molecule has 0 aliphatic carbocycles. The Kier molecular flexibility index (Phi) is 7.00. The van der Waals surface area contributed by atoms with E-state index < -0.39 is 5.72 Å². The monoisotopic (exact) mass is 530 g/mol. The fourth-order valence-corrected chi connectivity index (χ4v) is 6.43. The molecule has 1 unspecified atom stereocenters. The predicted octanol–water partition coefficient (Wildman–Crippen LogP) is 5.32. The van der Waals surface area contributed by atoms with Crippen molar-refractivity contribution in [3.05, 3.63) is 95.6 Å². The number of methoxy groups -OCH3 is 1.